The van der Waals surface area contributed by atoms with Crippen LogP contribution in [-0.4, -0.2) is 87.5 Å². The SMILES string of the molecule is CC/C=C\C/C=C\C/C=C\C/C=C\C/C=C\C/C=C\C/C=C\C/C=C\C/C=C\CCCCCCCCCCCCCC(=O)NC(COC1OC(CO)C(O)C(O)C1O)C(O)/C=C/CC/C=C/CC/C=C/CCCCCCCCCCCCCCCCCCCCCCCC. The summed E-state index contributed by atoms with van der Waals surface area (Å²) in [5.74, 6) is -0.197. The van der Waals surface area contributed by atoms with E-state index in [0.717, 1.165) is 116 Å². The molecule has 0 saturated carbocycles. The summed E-state index contributed by atoms with van der Waals surface area (Å²) in [5, 5.41) is 54.8. The largest absolute Gasteiger partial charge is 0.394 e. The minimum Gasteiger partial charge on any atom is -0.394 e. The van der Waals surface area contributed by atoms with Crippen molar-refractivity contribution in [3.8, 4) is 0 Å². The number of hydrogen-bond acceptors (Lipinski definition) is 8. The Hall–Kier alpha value is -3.93. The lowest BCUT2D eigenvalue weighted by atomic mass is 9.99. The standard InChI is InChI=1S/C85H145NO8/c1-3-5-7-9-11-13-15-17-19-21-23-25-27-29-31-33-35-37-38-39-40-41-42-43-45-47-49-51-53-55-57-59-61-63-65-67-69-71-73-75-81(89)86-78(77-93-85-84(92)83(91)82(90)80(76-87)94-85)79(88)74-72-70-68-66-64-62-60-58-56-54-52-50-48-46-44-36-34-32-30-28-26-24-22-20-18-16-14-12-10-8-6-4-2/h5,7,11,13,17,19,23,25,29,31,35,37,39-40,42-43,47,49,56,58,64,66,72,74,78-80,82-85,87-88,90-92H,3-4,6,8-10,12,14-16,18,20-22,24,26-28,30,32-34,36,38,41,44-46,48,50-55,57,59-63,65,67-71,73,75-77H2,1-2H3,(H,86,89)/b7-5-,13-11-,19-17-,25-23-,31-29-,37-35-,40-39-,43-42-,49-47-,58-56+,66-64+,74-72+. The van der Waals surface area contributed by atoms with Gasteiger partial charge in [0.1, 0.15) is 24.4 Å². The number of amides is 1. The highest BCUT2D eigenvalue weighted by atomic mass is 16.7. The fourth-order valence-corrected chi connectivity index (χ4v) is 11.6. The first-order valence-electron chi connectivity index (χ1n) is 39.1. The van der Waals surface area contributed by atoms with Gasteiger partial charge < -0.3 is 40.3 Å². The molecule has 0 spiro atoms. The molecule has 0 bridgehead atoms. The maximum absolute atomic E-state index is 13.2. The van der Waals surface area contributed by atoms with Crippen LogP contribution in [-0.2, 0) is 14.3 Å². The van der Waals surface area contributed by atoms with E-state index in [1.54, 1.807) is 6.08 Å². The second-order valence-electron chi connectivity index (χ2n) is 26.4. The predicted octanol–water partition coefficient (Wildman–Crippen LogP) is 22.5. The first-order valence-corrected chi connectivity index (χ1v) is 39.1. The van der Waals surface area contributed by atoms with Gasteiger partial charge >= 0.3 is 0 Å². The van der Waals surface area contributed by atoms with Crippen molar-refractivity contribution in [1.82, 2.24) is 5.32 Å². The predicted molar refractivity (Wildman–Crippen MR) is 405 cm³/mol. The van der Waals surface area contributed by atoms with E-state index >= 15 is 0 Å². The number of ether oxygens (including phenoxy) is 2. The lowest BCUT2D eigenvalue weighted by Gasteiger charge is -2.40. The molecule has 0 radical (unpaired) electrons. The number of hydrogen-bond donors (Lipinski definition) is 6. The van der Waals surface area contributed by atoms with Gasteiger partial charge in [-0.05, 0) is 116 Å². The molecule has 1 aliphatic rings. The van der Waals surface area contributed by atoms with Gasteiger partial charge in [0, 0.05) is 6.42 Å². The summed E-state index contributed by atoms with van der Waals surface area (Å²) in [6, 6.07) is -0.842. The number of aliphatic hydroxyl groups excluding tert-OH is 5. The first kappa shape index (κ1) is 88.1. The Bertz CT molecular complexity index is 2010. The van der Waals surface area contributed by atoms with Crippen molar-refractivity contribution in [2.45, 2.75) is 371 Å². The summed E-state index contributed by atoms with van der Waals surface area (Å²) in [5.41, 5.74) is 0. The zero-order chi connectivity index (χ0) is 67.8. The molecule has 1 rings (SSSR count). The zero-order valence-electron chi connectivity index (χ0n) is 60.4. The molecule has 0 aromatic carbocycles. The van der Waals surface area contributed by atoms with Gasteiger partial charge in [0.25, 0.3) is 0 Å². The molecule has 1 heterocycles. The highest BCUT2D eigenvalue weighted by molar-refractivity contribution is 5.76. The Balaban J connectivity index is 2.15. The van der Waals surface area contributed by atoms with Crippen LogP contribution in [0.4, 0.5) is 0 Å². The van der Waals surface area contributed by atoms with E-state index < -0.39 is 49.5 Å². The van der Waals surface area contributed by atoms with Gasteiger partial charge in [-0.3, -0.25) is 4.79 Å². The molecule has 1 fully saturated rings. The van der Waals surface area contributed by atoms with Gasteiger partial charge in [0.15, 0.2) is 6.29 Å². The van der Waals surface area contributed by atoms with Gasteiger partial charge in [-0.15, -0.1) is 0 Å². The third-order valence-corrected chi connectivity index (χ3v) is 17.6. The van der Waals surface area contributed by atoms with Gasteiger partial charge in [-0.25, -0.2) is 0 Å². The molecule has 538 valence electrons. The Morgan fingerprint density at radius 3 is 1.02 bits per heavy atom. The highest BCUT2D eigenvalue weighted by Gasteiger charge is 2.44. The summed E-state index contributed by atoms with van der Waals surface area (Å²) in [7, 11) is 0. The van der Waals surface area contributed by atoms with Gasteiger partial charge in [0.2, 0.25) is 5.91 Å². The van der Waals surface area contributed by atoms with E-state index in [1.165, 1.54) is 193 Å². The van der Waals surface area contributed by atoms with Crippen LogP contribution >= 0.6 is 0 Å². The summed E-state index contributed by atoms with van der Waals surface area (Å²) >= 11 is 0. The number of carbonyl (C=O) groups excluding carboxylic acids is 1. The molecule has 9 heteroatoms. The van der Waals surface area contributed by atoms with Crippen molar-refractivity contribution < 1.29 is 39.8 Å². The molecule has 1 amide bonds. The van der Waals surface area contributed by atoms with E-state index in [1.807, 2.05) is 6.08 Å². The summed E-state index contributed by atoms with van der Waals surface area (Å²) in [6.45, 7) is 3.67. The molecule has 0 aromatic rings. The monoisotopic (exact) mass is 1310 g/mol. The number of carbonyl (C=O) groups is 1. The molecule has 7 atom stereocenters. The van der Waals surface area contributed by atoms with E-state index in [0.29, 0.717) is 6.42 Å². The van der Waals surface area contributed by atoms with Gasteiger partial charge in [-0.1, -0.05) is 352 Å². The van der Waals surface area contributed by atoms with Crippen LogP contribution in [0.5, 0.6) is 0 Å². The molecule has 7 unspecified atom stereocenters. The highest BCUT2D eigenvalue weighted by Crippen LogP contribution is 2.23. The van der Waals surface area contributed by atoms with Crippen LogP contribution in [0.1, 0.15) is 328 Å². The van der Waals surface area contributed by atoms with Crippen LogP contribution in [0.2, 0.25) is 0 Å². The molecule has 9 nitrogen and oxygen atoms in total. The summed E-state index contributed by atoms with van der Waals surface area (Å²) in [4.78, 5) is 13.2. The average molecular weight is 1310 g/mol. The van der Waals surface area contributed by atoms with Crippen molar-refractivity contribution in [2.75, 3.05) is 13.2 Å². The second kappa shape index (κ2) is 71.8. The minimum atomic E-state index is -1.58. The van der Waals surface area contributed by atoms with E-state index in [2.05, 4.69) is 153 Å². The molecular weight excluding hydrogens is 1160 g/mol. The summed E-state index contributed by atoms with van der Waals surface area (Å²) < 4.78 is 11.3. The third kappa shape index (κ3) is 59.3. The van der Waals surface area contributed by atoms with E-state index in [4.69, 9.17) is 9.47 Å². The van der Waals surface area contributed by atoms with Crippen molar-refractivity contribution in [2.24, 2.45) is 0 Å². The Labute approximate surface area is 578 Å². The minimum absolute atomic E-state index is 0.197. The molecular formula is C85H145NO8. The quantitative estimate of drug-likeness (QED) is 0.0261. The maximum Gasteiger partial charge on any atom is 0.220 e. The van der Waals surface area contributed by atoms with Crippen LogP contribution < -0.4 is 5.32 Å². The second-order valence-corrected chi connectivity index (χ2v) is 26.4. The molecule has 0 aromatic heterocycles. The van der Waals surface area contributed by atoms with Gasteiger partial charge in [-0.2, -0.15) is 0 Å². The molecule has 6 N–H and O–H groups in total. The third-order valence-electron chi connectivity index (χ3n) is 17.6. The average Bonchev–Trinajstić information content (AvgIpc) is 0.829. The molecule has 0 aliphatic carbocycles. The van der Waals surface area contributed by atoms with Gasteiger partial charge in [0.05, 0.1) is 25.4 Å². The van der Waals surface area contributed by atoms with Crippen LogP contribution in [0.25, 0.3) is 0 Å². The van der Waals surface area contributed by atoms with Crippen LogP contribution in [0, 0.1) is 0 Å². The zero-order valence-corrected chi connectivity index (χ0v) is 60.4. The van der Waals surface area contributed by atoms with Crippen molar-refractivity contribution in [1.29, 1.82) is 0 Å². The normalized spacial score (nSPS) is 18.4. The van der Waals surface area contributed by atoms with Crippen molar-refractivity contribution >= 4 is 5.91 Å². The Morgan fingerprint density at radius 1 is 0.372 bits per heavy atom. The first-order chi connectivity index (χ1) is 46.3. The van der Waals surface area contributed by atoms with Crippen LogP contribution in [0.3, 0.4) is 0 Å². The maximum atomic E-state index is 13.2. The van der Waals surface area contributed by atoms with Crippen molar-refractivity contribution in [3.63, 3.8) is 0 Å². The number of unbranched alkanes of at least 4 members (excludes halogenated alkanes) is 35. The lowest BCUT2D eigenvalue weighted by molar-refractivity contribution is -0.302. The number of aliphatic hydroxyl groups is 5. The molecule has 1 aliphatic heterocycles. The van der Waals surface area contributed by atoms with E-state index in [-0.39, 0.29) is 12.5 Å². The summed E-state index contributed by atoms with van der Waals surface area (Å²) in [6.07, 6.45) is 104. The number of rotatable bonds is 67. The fourth-order valence-electron chi connectivity index (χ4n) is 11.6. The topological polar surface area (TPSA) is 149 Å². The molecule has 1 saturated heterocycles. The Morgan fingerprint density at radius 2 is 0.670 bits per heavy atom. The number of nitrogens with one attached hydrogen (secondary N) is 1. The molecule has 94 heavy (non-hydrogen) atoms. The fraction of sp³-hybridized carbons (Fsp3) is 0.706. The van der Waals surface area contributed by atoms with Crippen LogP contribution in [0.15, 0.2) is 146 Å². The number of allylic oxidation sites excluding steroid dienone is 23. The smallest absolute Gasteiger partial charge is 0.220 e. The lowest BCUT2D eigenvalue weighted by Crippen LogP contribution is -2.60. The van der Waals surface area contributed by atoms with E-state index in [9.17, 15) is 30.3 Å². The van der Waals surface area contributed by atoms with Crippen molar-refractivity contribution in [3.05, 3.63) is 146 Å². The Kier molecular flexibility index (Phi) is 67.3.